The molecule has 1 unspecified atom stereocenters. The normalized spacial score (nSPS) is 12.2. The van der Waals surface area contributed by atoms with Gasteiger partial charge in [0.15, 0.2) is 0 Å². The Morgan fingerprint density at radius 2 is 1.70 bits per heavy atom. The predicted molar refractivity (Wildman–Crippen MR) is 79.4 cm³/mol. The molecule has 0 saturated carbocycles. The van der Waals surface area contributed by atoms with Crippen molar-refractivity contribution in [1.82, 2.24) is 9.97 Å². The molecule has 4 nitrogen and oxygen atoms in total. The van der Waals surface area contributed by atoms with Crippen LogP contribution in [0.2, 0.25) is 0 Å². The Balaban J connectivity index is 1.96. The number of benzene rings is 2. The first-order valence-corrected chi connectivity index (χ1v) is 6.50. The summed E-state index contributed by atoms with van der Waals surface area (Å²) in [7, 11) is 0. The summed E-state index contributed by atoms with van der Waals surface area (Å²) in [5.74, 6) is 0.735. The number of aliphatic hydroxyl groups excluding tert-OH is 1. The lowest BCUT2D eigenvalue weighted by Crippen LogP contribution is -2.15. The molecule has 20 heavy (non-hydrogen) atoms. The first kappa shape index (κ1) is 12.6. The Hall–Kier alpha value is -2.46. The Labute approximate surface area is 117 Å². The number of aromatic nitrogens is 2. The minimum absolute atomic E-state index is 0.00232. The zero-order valence-electron chi connectivity index (χ0n) is 10.9. The molecule has 1 heterocycles. The average molecular weight is 265 g/mol. The summed E-state index contributed by atoms with van der Waals surface area (Å²) in [6, 6.07) is 17.5. The minimum Gasteiger partial charge on any atom is -0.394 e. The van der Waals surface area contributed by atoms with Crippen molar-refractivity contribution >= 4 is 16.7 Å². The summed E-state index contributed by atoms with van der Waals surface area (Å²) in [5.41, 5.74) is 1.91. The number of rotatable bonds is 4. The summed E-state index contributed by atoms with van der Waals surface area (Å²) < 4.78 is 0. The Bertz CT molecular complexity index is 695. The van der Waals surface area contributed by atoms with Gasteiger partial charge in [-0.1, -0.05) is 42.5 Å². The summed E-state index contributed by atoms with van der Waals surface area (Å²) in [6.45, 7) is 0.00232. The molecule has 0 bridgehead atoms. The zero-order valence-corrected chi connectivity index (χ0v) is 10.9. The maximum absolute atomic E-state index is 9.61. The van der Waals surface area contributed by atoms with E-state index in [1.807, 2.05) is 54.6 Å². The highest BCUT2D eigenvalue weighted by Gasteiger charge is 2.12. The van der Waals surface area contributed by atoms with E-state index in [-0.39, 0.29) is 12.6 Å². The number of hydrogen-bond acceptors (Lipinski definition) is 4. The monoisotopic (exact) mass is 265 g/mol. The number of fused-ring (bicyclic) bond motifs is 1. The number of nitrogens with one attached hydrogen (secondary N) is 1. The van der Waals surface area contributed by atoms with Crippen molar-refractivity contribution in [2.45, 2.75) is 6.04 Å². The second-order valence-corrected chi connectivity index (χ2v) is 4.53. The Morgan fingerprint density at radius 3 is 2.50 bits per heavy atom. The Morgan fingerprint density at radius 1 is 0.950 bits per heavy atom. The largest absolute Gasteiger partial charge is 0.394 e. The highest BCUT2D eigenvalue weighted by molar-refractivity contribution is 5.88. The van der Waals surface area contributed by atoms with E-state index in [0.717, 1.165) is 22.3 Å². The molecule has 0 radical (unpaired) electrons. The van der Waals surface area contributed by atoms with E-state index in [1.165, 1.54) is 6.33 Å². The molecule has 3 aromatic rings. The van der Waals surface area contributed by atoms with Crippen LogP contribution in [-0.4, -0.2) is 21.7 Å². The second-order valence-electron chi connectivity index (χ2n) is 4.53. The molecule has 2 aromatic carbocycles. The summed E-state index contributed by atoms with van der Waals surface area (Å²) in [4.78, 5) is 8.52. The van der Waals surface area contributed by atoms with E-state index in [9.17, 15) is 5.11 Å². The highest BCUT2D eigenvalue weighted by Crippen LogP contribution is 2.23. The van der Waals surface area contributed by atoms with Gasteiger partial charge in [-0.2, -0.15) is 0 Å². The average Bonchev–Trinajstić information content (AvgIpc) is 2.53. The van der Waals surface area contributed by atoms with Crippen LogP contribution < -0.4 is 5.32 Å². The van der Waals surface area contributed by atoms with Crippen LogP contribution in [-0.2, 0) is 0 Å². The van der Waals surface area contributed by atoms with Crippen molar-refractivity contribution in [3.8, 4) is 0 Å². The molecule has 2 N–H and O–H groups in total. The van der Waals surface area contributed by atoms with Gasteiger partial charge in [0.05, 0.1) is 18.2 Å². The topological polar surface area (TPSA) is 58.0 Å². The number of aliphatic hydroxyl groups is 1. The van der Waals surface area contributed by atoms with E-state index in [1.54, 1.807) is 0 Å². The molecule has 0 aliphatic heterocycles. The fourth-order valence-corrected chi connectivity index (χ4v) is 2.20. The van der Waals surface area contributed by atoms with E-state index in [2.05, 4.69) is 15.3 Å². The van der Waals surface area contributed by atoms with Crippen LogP contribution in [0, 0.1) is 0 Å². The fraction of sp³-hybridized carbons (Fsp3) is 0.125. The summed E-state index contributed by atoms with van der Waals surface area (Å²) >= 11 is 0. The lowest BCUT2D eigenvalue weighted by molar-refractivity contribution is 0.276. The van der Waals surface area contributed by atoms with Crippen LogP contribution in [0.1, 0.15) is 11.6 Å². The highest BCUT2D eigenvalue weighted by atomic mass is 16.3. The van der Waals surface area contributed by atoms with Crippen molar-refractivity contribution in [1.29, 1.82) is 0 Å². The van der Waals surface area contributed by atoms with E-state index in [4.69, 9.17) is 0 Å². The van der Waals surface area contributed by atoms with Gasteiger partial charge in [-0.15, -0.1) is 0 Å². The van der Waals surface area contributed by atoms with Crippen molar-refractivity contribution < 1.29 is 5.11 Å². The van der Waals surface area contributed by atoms with Gasteiger partial charge in [-0.05, 0) is 17.7 Å². The van der Waals surface area contributed by atoms with Gasteiger partial charge in [0.25, 0.3) is 0 Å². The number of para-hydroxylation sites is 1. The van der Waals surface area contributed by atoms with Gasteiger partial charge in [0.1, 0.15) is 12.1 Å². The smallest absolute Gasteiger partial charge is 0.137 e. The lowest BCUT2D eigenvalue weighted by atomic mass is 10.1. The van der Waals surface area contributed by atoms with Gasteiger partial charge in [0, 0.05) is 5.39 Å². The first-order chi connectivity index (χ1) is 9.88. The van der Waals surface area contributed by atoms with E-state index < -0.39 is 0 Å². The third-order valence-corrected chi connectivity index (χ3v) is 3.24. The summed E-state index contributed by atoms with van der Waals surface area (Å²) in [6.07, 6.45) is 1.53. The first-order valence-electron chi connectivity index (χ1n) is 6.50. The maximum Gasteiger partial charge on any atom is 0.137 e. The molecular weight excluding hydrogens is 250 g/mol. The van der Waals surface area contributed by atoms with Gasteiger partial charge in [-0.25, -0.2) is 9.97 Å². The van der Waals surface area contributed by atoms with Gasteiger partial charge in [-0.3, -0.25) is 0 Å². The molecule has 0 aliphatic carbocycles. The van der Waals surface area contributed by atoms with Crippen LogP contribution in [0.15, 0.2) is 60.9 Å². The van der Waals surface area contributed by atoms with Crippen LogP contribution in [0.5, 0.6) is 0 Å². The fourth-order valence-electron chi connectivity index (χ4n) is 2.20. The van der Waals surface area contributed by atoms with Gasteiger partial charge >= 0.3 is 0 Å². The SMILES string of the molecule is OCC(Nc1ncnc2ccccc12)c1ccccc1. The number of nitrogens with zero attached hydrogens (tertiary/aromatic N) is 2. The molecule has 0 aliphatic rings. The second kappa shape index (κ2) is 5.67. The maximum atomic E-state index is 9.61. The molecule has 0 saturated heterocycles. The van der Waals surface area contributed by atoms with Crippen LogP contribution in [0.4, 0.5) is 5.82 Å². The molecule has 1 aromatic heterocycles. The summed E-state index contributed by atoms with van der Waals surface area (Å²) in [5, 5.41) is 13.8. The van der Waals surface area contributed by atoms with Crippen molar-refractivity contribution in [3.05, 3.63) is 66.5 Å². The quantitative estimate of drug-likeness (QED) is 0.761. The molecule has 100 valence electrons. The molecular formula is C16H15N3O. The van der Waals surface area contributed by atoms with Crippen LogP contribution in [0.25, 0.3) is 10.9 Å². The van der Waals surface area contributed by atoms with Gasteiger partial charge in [0.2, 0.25) is 0 Å². The van der Waals surface area contributed by atoms with Crippen LogP contribution >= 0.6 is 0 Å². The van der Waals surface area contributed by atoms with Gasteiger partial charge < -0.3 is 10.4 Å². The third kappa shape index (κ3) is 2.46. The van der Waals surface area contributed by atoms with Crippen molar-refractivity contribution in [3.63, 3.8) is 0 Å². The molecule has 0 spiro atoms. The third-order valence-electron chi connectivity index (χ3n) is 3.24. The van der Waals surface area contributed by atoms with E-state index >= 15 is 0 Å². The van der Waals surface area contributed by atoms with E-state index in [0.29, 0.717) is 0 Å². The lowest BCUT2D eigenvalue weighted by Gasteiger charge is -2.18. The zero-order chi connectivity index (χ0) is 13.8. The minimum atomic E-state index is -0.186. The van der Waals surface area contributed by atoms with Crippen LogP contribution in [0.3, 0.4) is 0 Å². The Kier molecular flexibility index (Phi) is 3.56. The molecule has 0 fully saturated rings. The standard InChI is InChI=1S/C16H15N3O/c20-10-15(12-6-2-1-3-7-12)19-16-13-8-4-5-9-14(13)17-11-18-16/h1-9,11,15,20H,10H2,(H,17,18,19). The molecule has 0 amide bonds. The number of hydrogen-bond donors (Lipinski definition) is 2. The van der Waals surface area contributed by atoms with Crippen molar-refractivity contribution in [2.75, 3.05) is 11.9 Å². The van der Waals surface area contributed by atoms with Crippen molar-refractivity contribution in [2.24, 2.45) is 0 Å². The molecule has 4 heteroatoms. The predicted octanol–water partition coefficient (Wildman–Crippen LogP) is 2.78. The molecule has 3 rings (SSSR count). The number of anilines is 1. The molecule has 1 atom stereocenters.